The standard InChI is InChI=1S/C12H12ClN3O3S/c1-19-12(18)16-15-11(20)14-10(17)7-6-8-4-2-3-5-9(8)13/h2-7H,1H3,(H,16,18)(H2,14,15,17,20). The highest BCUT2D eigenvalue weighted by atomic mass is 35.5. The van der Waals surface area contributed by atoms with Crippen molar-refractivity contribution in [2.75, 3.05) is 7.11 Å². The molecular formula is C12H12ClN3O3S. The van der Waals surface area contributed by atoms with E-state index >= 15 is 0 Å². The van der Waals surface area contributed by atoms with Gasteiger partial charge in [-0.1, -0.05) is 29.8 Å². The molecule has 20 heavy (non-hydrogen) atoms. The molecule has 1 aromatic rings. The maximum atomic E-state index is 11.5. The Morgan fingerprint density at radius 3 is 2.65 bits per heavy atom. The summed E-state index contributed by atoms with van der Waals surface area (Å²) in [4.78, 5) is 22.3. The highest BCUT2D eigenvalue weighted by Crippen LogP contribution is 2.15. The highest BCUT2D eigenvalue weighted by molar-refractivity contribution is 7.80. The molecule has 0 heterocycles. The number of methoxy groups -OCH3 is 1. The van der Waals surface area contributed by atoms with Crippen LogP contribution in [-0.2, 0) is 9.53 Å². The molecule has 0 fully saturated rings. The Kier molecular flexibility index (Phi) is 6.48. The van der Waals surface area contributed by atoms with E-state index < -0.39 is 12.0 Å². The van der Waals surface area contributed by atoms with Gasteiger partial charge >= 0.3 is 6.09 Å². The van der Waals surface area contributed by atoms with E-state index in [1.54, 1.807) is 30.3 Å². The van der Waals surface area contributed by atoms with Gasteiger partial charge in [-0.15, -0.1) is 0 Å². The predicted molar refractivity (Wildman–Crippen MR) is 79.9 cm³/mol. The Hall–Kier alpha value is -2.12. The normalized spacial score (nSPS) is 9.90. The van der Waals surface area contributed by atoms with E-state index in [0.717, 1.165) is 0 Å². The molecule has 1 rings (SSSR count). The second-order valence-electron chi connectivity index (χ2n) is 3.41. The smallest absolute Gasteiger partial charge is 0.425 e. The molecule has 0 saturated heterocycles. The lowest BCUT2D eigenvalue weighted by Crippen LogP contribution is -2.48. The van der Waals surface area contributed by atoms with Gasteiger partial charge in [-0.3, -0.25) is 15.5 Å². The molecule has 0 aromatic heterocycles. The molecule has 1 aromatic carbocycles. The molecule has 0 aliphatic carbocycles. The fourth-order valence-corrected chi connectivity index (χ4v) is 1.47. The number of hydrogen-bond donors (Lipinski definition) is 3. The summed E-state index contributed by atoms with van der Waals surface area (Å²) in [5.74, 6) is -0.464. The molecule has 3 N–H and O–H groups in total. The summed E-state index contributed by atoms with van der Waals surface area (Å²) in [6.45, 7) is 0. The van der Waals surface area contributed by atoms with Crippen LogP contribution in [0.25, 0.3) is 6.08 Å². The number of carbonyl (C=O) groups excluding carboxylic acids is 2. The first-order chi connectivity index (χ1) is 9.52. The summed E-state index contributed by atoms with van der Waals surface area (Å²) in [6.07, 6.45) is 2.09. The fourth-order valence-electron chi connectivity index (χ4n) is 1.12. The first kappa shape index (κ1) is 15.9. The van der Waals surface area contributed by atoms with Gasteiger partial charge in [0.25, 0.3) is 0 Å². The van der Waals surface area contributed by atoms with E-state index in [1.807, 2.05) is 0 Å². The third-order valence-electron chi connectivity index (χ3n) is 2.02. The van der Waals surface area contributed by atoms with E-state index in [-0.39, 0.29) is 5.11 Å². The Morgan fingerprint density at radius 1 is 1.30 bits per heavy atom. The number of amides is 2. The number of halogens is 1. The third-order valence-corrected chi connectivity index (χ3v) is 2.57. The summed E-state index contributed by atoms with van der Waals surface area (Å²) < 4.78 is 4.31. The first-order valence-electron chi connectivity index (χ1n) is 5.40. The lowest BCUT2D eigenvalue weighted by atomic mass is 10.2. The van der Waals surface area contributed by atoms with E-state index in [2.05, 4.69) is 20.9 Å². The third kappa shape index (κ3) is 5.68. The van der Waals surface area contributed by atoms with Gasteiger partial charge in [0, 0.05) is 11.1 Å². The topological polar surface area (TPSA) is 79.5 Å². The van der Waals surface area contributed by atoms with E-state index in [1.165, 1.54) is 13.2 Å². The quantitative estimate of drug-likeness (QED) is 0.439. The molecule has 0 radical (unpaired) electrons. The predicted octanol–water partition coefficient (Wildman–Crippen LogP) is 1.61. The van der Waals surface area contributed by atoms with E-state index in [0.29, 0.717) is 10.6 Å². The minimum absolute atomic E-state index is 0.0655. The highest BCUT2D eigenvalue weighted by Gasteiger charge is 2.03. The molecule has 6 nitrogen and oxygen atoms in total. The van der Waals surface area contributed by atoms with Gasteiger partial charge in [-0.25, -0.2) is 10.2 Å². The number of benzene rings is 1. The van der Waals surface area contributed by atoms with E-state index in [9.17, 15) is 9.59 Å². The van der Waals surface area contributed by atoms with Crippen LogP contribution >= 0.6 is 23.8 Å². The van der Waals surface area contributed by atoms with Crippen molar-refractivity contribution >= 4 is 47.0 Å². The number of thiocarbonyl (C=S) groups is 1. The fraction of sp³-hybridized carbons (Fsp3) is 0.0833. The molecule has 0 unspecified atom stereocenters. The second-order valence-corrected chi connectivity index (χ2v) is 4.23. The van der Waals surface area contributed by atoms with Gasteiger partial charge < -0.3 is 4.74 Å². The summed E-state index contributed by atoms with van der Waals surface area (Å²) in [7, 11) is 1.20. The summed E-state index contributed by atoms with van der Waals surface area (Å²) in [5.41, 5.74) is 5.10. The molecule has 2 amide bonds. The van der Waals surface area contributed by atoms with Gasteiger partial charge in [-0.05, 0) is 29.9 Å². The van der Waals surface area contributed by atoms with Crippen molar-refractivity contribution in [3.05, 3.63) is 40.9 Å². The van der Waals surface area contributed by atoms with Gasteiger partial charge in [-0.2, -0.15) is 0 Å². The molecule has 0 bridgehead atoms. The molecule has 0 aliphatic rings. The number of nitrogens with one attached hydrogen (secondary N) is 3. The number of hydrogen-bond acceptors (Lipinski definition) is 4. The maximum absolute atomic E-state index is 11.5. The molecular weight excluding hydrogens is 302 g/mol. The summed E-state index contributed by atoms with van der Waals surface area (Å²) >= 11 is 10.7. The van der Waals surface area contributed by atoms with Gasteiger partial charge in [0.15, 0.2) is 5.11 Å². The minimum Gasteiger partial charge on any atom is -0.452 e. The average Bonchev–Trinajstić information content (AvgIpc) is 2.43. The van der Waals surface area contributed by atoms with Crippen molar-refractivity contribution in [1.82, 2.24) is 16.2 Å². The van der Waals surface area contributed by atoms with Crippen LogP contribution in [0.3, 0.4) is 0 Å². The second kappa shape index (κ2) is 8.13. The maximum Gasteiger partial charge on any atom is 0.425 e. The van der Waals surface area contributed by atoms with Crippen LogP contribution in [0.15, 0.2) is 30.3 Å². The SMILES string of the molecule is COC(=O)NNC(=S)NC(=O)C=Cc1ccccc1Cl. The Labute approximate surface area is 126 Å². The van der Waals surface area contributed by atoms with Crippen LogP contribution in [0.2, 0.25) is 5.02 Å². The molecule has 0 spiro atoms. The van der Waals surface area contributed by atoms with Crippen LogP contribution in [0.5, 0.6) is 0 Å². The zero-order valence-corrected chi connectivity index (χ0v) is 12.0. The summed E-state index contributed by atoms with van der Waals surface area (Å²) in [6, 6.07) is 7.07. The lowest BCUT2D eigenvalue weighted by molar-refractivity contribution is -0.115. The molecule has 8 heteroatoms. The number of rotatable bonds is 2. The van der Waals surface area contributed by atoms with Crippen molar-refractivity contribution in [1.29, 1.82) is 0 Å². The average molecular weight is 314 g/mol. The lowest BCUT2D eigenvalue weighted by Gasteiger charge is -2.08. The minimum atomic E-state index is -0.729. The van der Waals surface area contributed by atoms with Crippen molar-refractivity contribution in [3.8, 4) is 0 Å². The zero-order valence-electron chi connectivity index (χ0n) is 10.5. The van der Waals surface area contributed by atoms with Crippen molar-refractivity contribution < 1.29 is 14.3 Å². The van der Waals surface area contributed by atoms with Crippen LogP contribution in [0.4, 0.5) is 4.79 Å². The van der Waals surface area contributed by atoms with Crippen LogP contribution in [0.1, 0.15) is 5.56 Å². The van der Waals surface area contributed by atoms with Crippen LogP contribution < -0.4 is 16.2 Å². The first-order valence-corrected chi connectivity index (χ1v) is 6.19. The Bertz CT molecular complexity index is 549. The van der Waals surface area contributed by atoms with Gasteiger partial charge in [0.05, 0.1) is 7.11 Å². The molecule has 0 aliphatic heterocycles. The number of ether oxygens (including phenoxy) is 1. The van der Waals surface area contributed by atoms with E-state index in [4.69, 9.17) is 23.8 Å². The molecule has 106 valence electrons. The largest absolute Gasteiger partial charge is 0.452 e. The number of carbonyl (C=O) groups is 2. The van der Waals surface area contributed by atoms with Gasteiger partial charge in [0.2, 0.25) is 5.91 Å². The monoisotopic (exact) mass is 313 g/mol. The Balaban J connectivity index is 2.46. The van der Waals surface area contributed by atoms with Crippen molar-refractivity contribution in [2.24, 2.45) is 0 Å². The van der Waals surface area contributed by atoms with Crippen molar-refractivity contribution in [2.45, 2.75) is 0 Å². The van der Waals surface area contributed by atoms with Crippen LogP contribution in [0, 0.1) is 0 Å². The van der Waals surface area contributed by atoms with Gasteiger partial charge in [0.1, 0.15) is 0 Å². The number of hydrazine groups is 1. The zero-order chi connectivity index (χ0) is 15.0. The van der Waals surface area contributed by atoms with Crippen LogP contribution in [-0.4, -0.2) is 24.2 Å². The molecule has 0 saturated carbocycles. The Morgan fingerprint density at radius 2 is 2.00 bits per heavy atom. The summed E-state index contributed by atoms with van der Waals surface area (Å²) in [5, 5.41) is 2.80. The molecule has 0 atom stereocenters. The van der Waals surface area contributed by atoms with Crippen molar-refractivity contribution in [3.63, 3.8) is 0 Å².